The summed E-state index contributed by atoms with van der Waals surface area (Å²) in [6.07, 6.45) is -0.972. The topological polar surface area (TPSA) is 94.8 Å². The van der Waals surface area contributed by atoms with Crippen LogP contribution in [0.2, 0.25) is 0 Å². The SMILES string of the molecule is CC(C)O.O=C(O)CC(=O)O.[CH3-].[Mg+2]. The van der Waals surface area contributed by atoms with E-state index in [2.05, 4.69) is 0 Å². The minimum atomic E-state index is -1.31. The summed E-state index contributed by atoms with van der Waals surface area (Å²) in [4.78, 5) is 18.9. The molecule has 74 valence electrons. The average Bonchev–Trinajstić information content (AvgIpc) is 1.56. The minimum absolute atomic E-state index is 0. The maximum atomic E-state index is 9.43. The van der Waals surface area contributed by atoms with E-state index in [0.717, 1.165) is 0 Å². The van der Waals surface area contributed by atoms with Gasteiger partial charge in [0.25, 0.3) is 0 Å². The van der Waals surface area contributed by atoms with Crippen molar-refractivity contribution in [1.82, 2.24) is 0 Å². The zero-order chi connectivity index (χ0) is 9.44. The fraction of sp³-hybridized carbons (Fsp3) is 0.571. The van der Waals surface area contributed by atoms with E-state index in [4.69, 9.17) is 15.3 Å². The van der Waals surface area contributed by atoms with E-state index in [-0.39, 0.29) is 36.6 Å². The molecule has 0 saturated heterocycles. The summed E-state index contributed by atoms with van der Waals surface area (Å²) >= 11 is 0. The number of aliphatic carboxylic acids is 2. The predicted molar refractivity (Wildman–Crippen MR) is 49.4 cm³/mol. The molecule has 0 heterocycles. The molecule has 0 amide bonds. The minimum Gasteiger partial charge on any atom is -0.481 e. The zero-order valence-corrected chi connectivity index (χ0v) is 9.56. The van der Waals surface area contributed by atoms with Crippen LogP contribution in [0.5, 0.6) is 0 Å². The van der Waals surface area contributed by atoms with Crippen molar-refractivity contribution in [2.24, 2.45) is 0 Å². The van der Waals surface area contributed by atoms with Crippen LogP contribution in [0.3, 0.4) is 0 Å². The van der Waals surface area contributed by atoms with Crippen LogP contribution in [0.25, 0.3) is 0 Å². The Labute approximate surface area is 93.9 Å². The normalized spacial score (nSPS) is 7.08. The van der Waals surface area contributed by atoms with Crippen molar-refractivity contribution in [1.29, 1.82) is 0 Å². The Bertz CT molecular complexity index is 120. The van der Waals surface area contributed by atoms with Gasteiger partial charge in [-0.1, -0.05) is 0 Å². The van der Waals surface area contributed by atoms with Gasteiger partial charge in [-0.2, -0.15) is 0 Å². The Kier molecular flexibility index (Phi) is 25.1. The fourth-order valence-electron chi connectivity index (χ4n) is 0.129. The monoisotopic (exact) mass is 203 g/mol. The Balaban J connectivity index is -0.0000000600. The molecule has 0 aromatic carbocycles. The fourth-order valence-corrected chi connectivity index (χ4v) is 0.129. The van der Waals surface area contributed by atoms with E-state index in [1.807, 2.05) is 0 Å². The third kappa shape index (κ3) is 81.1. The molecule has 0 aromatic heterocycles. The van der Waals surface area contributed by atoms with Gasteiger partial charge in [-0.15, -0.1) is 0 Å². The van der Waals surface area contributed by atoms with E-state index >= 15 is 0 Å². The van der Waals surface area contributed by atoms with Crippen LogP contribution in [0.4, 0.5) is 0 Å². The van der Waals surface area contributed by atoms with Crippen LogP contribution in [0, 0.1) is 7.43 Å². The molecule has 0 radical (unpaired) electrons. The molecule has 3 N–H and O–H groups in total. The molecule has 0 saturated carbocycles. The first-order chi connectivity index (χ1) is 4.86. The van der Waals surface area contributed by atoms with E-state index in [1.54, 1.807) is 13.8 Å². The Hall–Kier alpha value is -0.334. The van der Waals surface area contributed by atoms with Crippen molar-refractivity contribution >= 4 is 35.0 Å². The second-order valence-electron chi connectivity index (χ2n) is 2.06. The predicted octanol–water partition coefficient (Wildman–Crippen LogP) is 0.00229. The Morgan fingerprint density at radius 1 is 1.15 bits per heavy atom. The van der Waals surface area contributed by atoms with Crippen molar-refractivity contribution in [2.75, 3.05) is 0 Å². The molecule has 0 atom stereocenters. The number of hydrogen-bond donors (Lipinski definition) is 3. The Morgan fingerprint density at radius 2 is 1.31 bits per heavy atom. The molecular formula is C7H15MgO5+. The van der Waals surface area contributed by atoms with Crippen LogP contribution >= 0.6 is 0 Å². The number of hydrogen-bond acceptors (Lipinski definition) is 3. The second kappa shape index (κ2) is 14.2. The first kappa shape index (κ1) is 23.0. The van der Waals surface area contributed by atoms with Gasteiger partial charge in [0, 0.05) is 6.10 Å². The molecule has 0 aliphatic carbocycles. The molecule has 5 nitrogen and oxygen atoms in total. The van der Waals surface area contributed by atoms with Crippen LogP contribution in [0.1, 0.15) is 20.3 Å². The van der Waals surface area contributed by atoms with Gasteiger partial charge < -0.3 is 22.7 Å². The van der Waals surface area contributed by atoms with E-state index in [0.29, 0.717) is 0 Å². The average molecular weight is 203 g/mol. The third-order valence-electron chi connectivity index (χ3n) is 0.302. The third-order valence-corrected chi connectivity index (χ3v) is 0.302. The molecule has 0 rings (SSSR count). The molecule has 0 aromatic rings. The number of carbonyl (C=O) groups is 2. The van der Waals surface area contributed by atoms with Crippen molar-refractivity contribution in [2.45, 2.75) is 26.4 Å². The van der Waals surface area contributed by atoms with E-state index in [9.17, 15) is 9.59 Å². The molecule has 0 aliphatic heterocycles. The summed E-state index contributed by atoms with van der Waals surface area (Å²) in [6, 6.07) is 0. The van der Waals surface area contributed by atoms with E-state index < -0.39 is 18.4 Å². The summed E-state index contributed by atoms with van der Waals surface area (Å²) < 4.78 is 0. The largest absolute Gasteiger partial charge is 2.00 e. The van der Waals surface area contributed by atoms with Gasteiger partial charge in [0.05, 0.1) is 0 Å². The molecule has 0 bridgehead atoms. The zero-order valence-electron chi connectivity index (χ0n) is 8.15. The van der Waals surface area contributed by atoms with Crippen LogP contribution in [-0.2, 0) is 9.59 Å². The summed E-state index contributed by atoms with van der Waals surface area (Å²) in [5.41, 5.74) is 0. The van der Waals surface area contributed by atoms with Crippen LogP contribution in [-0.4, -0.2) is 56.4 Å². The standard InChI is InChI=1S/C3H4O4.C3H8O.CH3.Mg/c4-2(5)1-3(6)7;1-3(2)4;;/h1H2,(H,4,5)(H,6,7);3-4H,1-2H3;1H3;/q;;-1;+2. The van der Waals surface area contributed by atoms with Gasteiger partial charge >= 0.3 is 35.0 Å². The van der Waals surface area contributed by atoms with Gasteiger partial charge in [0.15, 0.2) is 0 Å². The number of carboxylic acid groups (broad SMARTS) is 2. The van der Waals surface area contributed by atoms with Gasteiger partial charge in [0.2, 0.25) is 0 Å². The molecule has 0 spiro atoms. The molecule has 0 aliphatic rings. The van der Waals surface area contributed by atoms with Crippen molar-refractivity contribution in [3.8, 4) is 0 Å². The van der Waals surface area contributed by atoms with Gasteiger partial charge in [-0.05, 0) is 13.8 Å². The van der Waals surface area contributed by atoms with Gasteiger partial charge in [-0.25, -0.2) is 0 Å². The quantitative estimate of drug-likeness (QED) is 0.334. The molecular weight excluding hydrogens is 188 g/mol. The van der Waals surface area contributed by atoms with Crippen LogP contribution in [0.15, 0.2) is 0 Å². The Morgan fingerprint density at radius 3 is 1.31 bits per heavy atom. The number of aliphatic hydroxyl groups is 1. The molecule has 0 fully saturated rings. The van der Waals surface area contributed by atoms with Gasteiger partial charge in [-0.3, -0.25) is 9.59 Å². The molecule has 13 heavy (non-hydrogen) atoms. The van der Waals surface area contributed by atoms with Gasteiger partial charge in [0.1, 0.15) is 6.42 Å². The van der Waals surface area contributed by atoms with Crippen molar-refractivity contribution in [3.63, 3.8) is 0 Å². The summed E-state index contributed by atoms with van der Waals surface area (Å²) in [5, 5.41) is 23.5. The maximum absolute atomic E-state index is 9.43. The smallest absolute Gasteiger partial charge is 0.481 e. The molecule has 6 heteroatoms. The summed E-state index contributed by atoms with van der Waals surface area (Å²) in [7, 11) is 0. The maximum Gasteiger partial charge on any atom is 2.00 e. The van der Waals surface area contributed by atoms with Crippen molar-refractivity contribution in [3.05, 3.63) is 7.43 Å². The second-order valence-corrected chi connectivity index (χ2v) is 2.06. The number of rotatable bonds is 2. The number of aliphatic hydroxyl groups excluding tert-OH is 1. The van der Waals surface area contributed by atoms with E-state index in [1.165, 1.54) is 0 Å². The first-order valence-corrected chi connectivity index (χ1v) is 2.98. The summed E-state index contributed by atoms with van der Waals surface area (Å²) in [6.45, 7) is 3.44. The van der Waals surface area contributed by atoms with Crippen LogP contribution < -0.4 is 0 Å². The molecule has 0 unspecified atom stereocenters. The first-order valence-electron chi connectivity index (χ1n) is 2.98. The number of carboxylic acids is 2. The van der Waals surface area contributed by atoms with Crippen molar-refractivity contribution < 1.29 is 24.9 Å². The summed E-state index contributed by atoms with van der Waals surface area (Å²) in [5.74, 6) is -2.62.